The van der Waals surface area contributed by atoms with Gasteiger partial charge < -0.3 is 15.5 Å². The molecule has 1 aliphatic heterocycles. The molecule has 1 heterocycles. The van der Waals surface area contributed by atoms with Crippen LogP contribution >= 0.6 is 0 Å². The predicted octanol–water partition coefficient (Wildman–Crippen LogP) is 0.681. The fraction of sp³-hybridized carbons (Fsp3) is 0.842. The molecule has 1 aliphatic rings. The minimum absolute atomic E-state index is 0.0722. The smallest absolute Gasteiger partial charge is 0.222 e. The molecule has 2 unspecified atom stereocenters. The van der Waals surface area contributed by atoms with Gasteiger partial charge in [-0.15, -0.1) is 0 Å². The molecule has 1 fully saturated rings. The molecule has 0 aliphatic carbocycles. The highest BCUT2D eigenvalue weighted by atomic mass is 16.2. The Morgan fingerprint density at radius 1 is 1.12 bits per heavy atom. The van der Waals surface area contributed by atoms with Crippen LogP contribution in [0.3, 0.4) is 0 Å². The molecule has 1 rings (SSSR count). The Morgan fingerprint density at radius 3 is 2.19 bits per heavy atom. The maximum atomic E-state index is 11.5. The summed E-state index contributed by atoms with van der Waals surface area (Å²) in [6, 6.07) is 0.0549. The number of ketones is 2. The van der Waals surface area contributed by atoms with E-state index < -0.39 is 0 Å². The Kier molecular flexibility index (Phi) is 13.1. The molecule has 0 spiro atoms. The predicted molar refractivity (Wildman–Crippen MR) is 105 cm³/mol. The number of Topliss-reactive ketones (excluding diaryl/α,β-unsaturated/α-hetero) is 2. The van der Waals surface area contributed by atoms with Crippen molar-refractivity contribution in [3.63, 3.8) is 0 Å². The minimum atomic E-state index is -0.208. The van der Waals surface area contributed by atoms with E-state index in [9.17, 15) is 14.4 Å². The normalized spacial score (nSPS) is 19.3. The molecular weight excluding hydrogens is 332 g/mol. The number of hydrogen-bond donors (Lipinski definition) is 2. The maximum absolute atomic E-state index is 11.5. The molecule has 26 heavy (non-hydrogen) atoms. The van der Waals surface area contributed by atoms with Gasteiger partial charge in [-0.1, -0.05) is 13.8 Å². The van der Waals surface area contributed by atoms with Crippen molar-refractivity contribution in [2.45, 2.75) is 59.0 Å². The van der Waals surface area contributed by atoms with E-state index in [1.165, 1.54) is 0 Å². The van der Waals surface area contributed by atoms with Crippen molar-refractivity contribution in [1.82, 2.24) is 20.4 Å². The summed E-state index contributed by atoms with van der Waals surface area (Å²) in [5, 5.41) is 6.19. The topological polar surface area (TPSA) is 81.8 Å². The second-order valence-corrected chi connectivity index (χ2v) is 6.83. The molecule has 2 N–H and O–H groups in total. The van der Waals surface area contributed by atoms with Gasteiger partial charge in [-0.2, -0.15) is 0 Å². The number of rotatable bonds is 10. The average molecular weight is 371 g/mol. The van der Waals surface area contributed by atoms with Gasteiger partial charge in [0.1, 0.15) is 5.78 Å². The van der Waals surface area contributed by atoms with E-state index in [1.807, 2.05) is 21.0 Å². The molecule has 1 amide bonds. The Bertz CT molecular complexity index is 443. The van der Waals surface area contributed by atoms with Crippen LogP contribution in [0, 0.1) is 0 Å². The molecule has 0 radical (unpaired) electrons. The van der Waals surface area contributed by atoms with Gasteiger partial charge in [-0.3, -0.25) is 19.3 Å². The van der Waals surface area contributed by atoms with E-state index in [1.54, 1.807) is 18.7 Å². The van der Waals surface area contributed by atoms with Crippen LogP contribution < -0.4 is 10.6 Å². The third kappa shape index (κ3) is 9.40. The van der Waals surface area contributed by atoms with Gasteiger partial charge in [-0.05, 0) is 47.3 Å². The van der Waals surface area contributed by atoms with E-state index in [0.29, 0.717) is 19.5 Å². The van der Waals surface area contributed by atoms with Crippen LogP contribution in [0.25, 0.3) is 0 Å². The van der Waals surface area contributed by atoms with E-state index in [4.69, 9.17) is 0 Å². The summed E-state index contributed by atoms with van der Waals surface area (Å²) in [5.41, 5.74) is 0. The standard InChI is InChI=1S/C10H18N2O2.C9H20N2O/c1-4-10(14)12-6-8(11-3)5-9(12)7(2)13;1-4-6-11(7-5-10-3)8-9(2)12/h8-9,11H,4-6H2,1-3H3;10H,4-8H2,1-3H3. The number of nitrogens with one attached hydrogen (secondary N) is 2. The van der Waals surface area contributed by atoms with Gasteiger partial charge in [0, 0.05) is 32.1 Å². The van der Waals surface area contributed by atoms with Crippen molar-refractivity contribution in [3.05, 3.63) is 0 Å². The zero-order valence-corrected chi connectivity index (χ0v) is 17.4. The Balaban J connectivity index is 0.000000488. The Labute approximate surface area is 158 Å². The third-order valence-corrected chi connectivity index (χ3v) is 4.47. The van der Waals surface area contributed by atoms with Gasteiger partial charge in [0.25, 0.3) is 0 Å². The molecule has 0 aromatic rings. The monoisotopic (exact) mass is 370 g/mol. The second kappa shape index (κ2) is 13.8. The first-order valence-electron chi connectivity index (χ1n) is 9.64. The van der Waals surface area contributed by atoms with Crippen molar-refractivity contribution in [2.75, 3.05) is 46.8 Å². The van der Waals surface area contributed by atoms with Crippen LogP contribution in [-0.4, -0.2) is 86.2 Å². The van der Waals surface area contributed by atoms with Crippen molar-refractivity contribution < 1.29 is 14.4 Å². The van der Waals surface area contributed by atoms with Gasteiger partial charge in [0.05, 0.1) is 12.6 Å². The largest absolute Gasteiger partial charge is 0.331 e. The lowest BCUT2D eigenvalue weighted by atomic mass is 10.1. The second-order valence-electron chi connectivity index (χ2n) is 6.83. The van der Waals surface area contributed by atoms with Crippen molar-refractivity contribution in [2.24, 2.45) is 0 Å². The maximum Gasteiger partial charge on any atom is 0.222 e. The number of likely N-dealkylation sites (N-methyl/N-ethyl adjacent to an activating group) is 2. The Hall–Kier alpha value is -1.31. The molecule has 0 bridgehead atoms. The van der Waals surface area contributed by atoms with Gasteiger partial charge in [0.15, 0.2) is 5.78 Å². The average Bonchev–Trinajstić information content (AvgIpc) is 3.04. The van der Waals surface area contributed by atoms with Crippen molar-refractivity contribution >= 4 is 17.5 Å². The summed E-state index contributed by atoms with van der Waals surface area (Å²) >= 11 is 0. The number of carbonyl (C=O) groups is 3. The molecular formula is C19H38N4O3. The summed E-state index contributed by atoms with van der Waals surface area (Å²) in [6.45, 7) is 11.3. The van der Waals surface area contributed by atoms with E-state index in [-0.39, 0.29) is 29.6 Å². The summed E-state index contributed by atoms with van der Waals surface area (Å²) in [6.07, 6.45) is 2.33. The van der Waals surface area contributed by atoms with Crippen LogP contribution in [0.15, 0.2) is 0 Å². The molecule has 152 valence electrons. The van der Waals surface area contributed by atoms with Crippen molar-refractivity contribution in [1.29, 1.82) is 0 Å². The first-order valence-corrected chi connectivity index (χ1v) is 9.64. The zero-order chi connectivity index (χ0) is 20.1. The van der Waals surface area contributed by atoms with Gasteiger partial charge in [-0.25, -0.2) is 0 Å². The zero-order valence-electron chi connectivity index (χ0n) is 17.4. The summed E-state index contributed by atoms with van der Waals surface area (Å²) in [5.74, 6) is 0.409. The number of nitrogens with zero attached hydrogens (tertiary/aromatic N) is 2. The van der Waals surface area contributed by atoms with Crippen LogP contribution in [0.5, 0.6) is 0 Å². The molecule has 7 nitrogen and oxygen atoms in total. The van der Waals surface area contributed by atoms with Crippen LogP contribution in [-0.2, 0) is 14.4 Å². The molecule has 0 saturated carbocycles. The number of amides is 1. The highest BCUT2D eigenvalue weighted by Gasteiger charge is 2.36. The molecule has 2 atom stereocenters. The lowest BCUT2D eigenvalue weighted by Gasteiger charge is -2.21. The minimum Gasteiger partial charge on any atom is -0.331 e. The summed E-state index contributed by atoms with van der Waals surface area (Å²) in [4.78, 5) is 37.6. The van der Waals surface area contributed by atoms with Crippen molar-refractivity contribution in [3.8, 4) is 0 Å². The highest BCUT2D eigenvalue weighted by molar-refractivity contribution is 5.88. The van der Waals surface area contributed by atoms with Crippen LogP contribution in [0.4, 0.5) is 0 Å². The molecule has 0 aromatic heterocycles. The highest BCUT2D eigenvalue weighted by Crippen LogP contribution is 2.19. The molecule has 1 saturated heterocycles. The van der Waals surface area contributed by atoms with E-state index in [2.05, 4.69) is 22.5 Å². The summed E-state index contributed by atoms with van der Waals surface area (Å²) in [7, 11) is 3.79. The fourth-order valence-electron chi connectivity index (χ4n) is 3.08. The Morgan fingerprint density at radius 2 is 1.77 bits per heavy atom. The first-order chi connectivity index (χ1) is 12.3. The van der Waals surface area contributed by atoms with Crippen LogP contribution in [0.1, 0.15) is 47.0 Å². The quantitative estimate of drug-likeness (QED) is 0.589. The number of carbonyl (C=O) groups excluding carboxylic acids is 3. The number of hydrogen-bond acceptors (Lipinski definition) is 6. The third-order valence-electron chi connectivity index (χ3n) is 4.47. The fourth-order valence-corrected chi connectivity index (χ4v) is 3.08. The lowest BCUT2D eigenvalue weighted by molar-refractivity contribution is -0.136. The van der Waals surface area contributed by atoms with Crippen LogP contribution in [0.2, 0.25) is 0 Å². The van der Waals surface area contributed by atoms with Gasteiger partial charge >= 0.3 is 0 Å². The van der Waals surface area contributed by atoms with E-state index in [0.717, 1.165) is 32.5 Å². The van der Waals surface area contributed by atoms with Gasteiger partial charge in [0.2, 0.25) is 5.91 Å². The number of likely N-dealkylation sites (tertiary alicyclic amines) is 1. The first kappa shape index (κ1) is 24.7. The molecule has 0 aromatic carbocycles. The van der Waals surface area contributed by atoms with E-state index >= 15 is 0 Å². The summed E-state index contributed by atoms with van der Waals surface area (Å²) < 4.78 is 0. The molecule has 7 heteroatoms. The SMILES string of the molecule is CCC(=O)N1CC(NC)CC1C(C)=O.CCCN(CCNC)CC(C)=O. The lowest BCUT2D eigenvalue weighted by Crippen LogP contribution is -2.39.